The van der Waals surface area contributed by atoms with E-state index in [0.29, 0.717) is 12.5 Å². The van der Waals surface area contributed by atoms with Gasteiger partial charge in [0.1, 0.15) is 0 Å². The number of aliphatic hydroxyl groups excluding tert-OH is 1. The third-order valence-corrected chi connectivity index (χ3v) is 4.92. The van der Waals surface area contributed by atoms with Crippen molar-refractivity contribution in [3.05, 3.63) is 18.0 Å². The lowest BCUT2D eigenvalue weighted by Crippen LogP contribution is -2.38. The Bertz CT molecular complexity index is 421. The molecule has 5 heteroatoms. The summed E-state index contributed by atoms with van der Waals surface area (Å²) in [5, 5.41) is 13.4. The summed E-state index contributed by atoms with van der Waals surface area (Å²) in [5.74, 6) is 1.43. The molecular weight excluding hydrogens is 266 g/mol. The maximum absolute atomic E-state index is 9.11. The molecule has 0 saturated carbocycles. The number of hydrogen-bond donors (Lipinski definition) is 1. The van der Waals surface area contributed by atoms with Gasteiger partial charge in [-0.2, -0.15) is 5.10 Å². The number of hydrogen-bond acceptors (Lipinski definition) is 4. The Kier molecular flexibility index (Phi) is 5.27. The number of likely N-dealkylation sites (tertiary alicyclic amines) is 1. The number of aromatic nitrogens is 2. The molecule has 0 aromatic carbocycles. The Labute approximate surface area is 126 Å². The molecule has 1 N–H and O–H groups in total. The lowest BCUT2D eigenvalue weighted by Gasteiger charge is -2.35. The van der Waals surface area contributed by atoms with Crippen LogP contribution in [0.4, 0.5) is 0 Å². The molecule has 118 valence electrons. The average Bonchev–Trinajstić information content (AvgIpc) is 2.98. The highest BCUT2D eigenvalue weighted by Gasteiger charge is 2.25. The van der Waals surface area contributed by atoms with Crippen molar-refractivity contribution in [1.29, 1.82) is 0 Å². The van der Waals surface area contributed by atoms with Gasteiger partial charge in [-0.1, -0.05) is 0 Å². The minimum Gasteiger partial charge on any atom is -0.394 e. The molecule has 0 radical (unpaired) electrons. The maximum atomic E-state index is 9.11. The van der Waals surface area contributed by atoms with Gasteiger partial charge >= 0.3 is 0 Å². The van der Waals surface area contributed by atoms with Crippen LogP contribution in [0.2, 0.25) is 0 Å². The molecular formula is C16H27N3O2. The summed E-state index contributed by atoms with van der Waals surface area (Å²) in [4.78, 5) is 2.62. The van der Waals surface area contributed by atoms with Gasteiger partial charge in [-0.3, -0.25) is 4.68 Å². The highest BCUT2D eigenvalue weighted by Crippen LogP contribution is 2.29. The van der Waals surface area contributed by atoms with Crippen molar-refractivity contribution in [2.24, 2.45) is 5.92 Å². The lowest BCUT2D eigenvalue weighted by molar-refractivity contribution is 0.0486. The van der Waals surface area contributed by atoms with Gasteiger partial charge in [0.2, 0.25) is 0 Å². The van der Waals surface area contributed by atoms with Crippen molar-refractivity contribution in [2.45, 2.75) is 38.1 Å². The number of ether oxygens (including phenoxy) is 1. The zero-order valence-electron chi connectivity index (χ0n) is 12.8. The van der Waals surface area contributed by atoms with Gasteiger partial charge in [0, 0.05) is 37.6 Å². The fraction of sp³-hybridized carbons (Fsp3) is 0.812. The van der Waals surface area contributed by atoms with Crippen molar-refractivity contribution in [3.8, 4) is 0 Å². The zero-order chi connectivity index (χ0) is 14.5. The largest absolute Gasteiger partial charge is 0.394 e. The minimum absolute atomic E-state index is 0.164. The first-order chi connectivity index (χ1) is 10.4. The van der Waals surface area contributed by atoms with Crippen molar-refractivity contribution < 1.29 is 9.84 Å². The van der Waals surface area contributed by atoms with E-state index in [2.05, 4.69) is 16.1 Å². The molecule has 0 atom stereocenters. The van der Waals surface area contributed by atoms with Crippen molar-refractivity contribution in [3.63, 3.8) is 0 Å². The maximum Gasteiger partial charge on any atom is 0.0644 e. The third kappa shape index (κ3) is 3.84. The van der Waals surface area contributed by atoms with E-state index in [1.807, 2.05) is 10.9 Å². The van der Waals surface area contributed by atoms with Crippen LogP contribution in [0.15, 0.2) is 12.3 Å². The second-order valence-electron chi connectivity index (χ2n) is 6.33. The number of rotatable bonds is 5. The quantitative estimate of drug-likeness (QED) is 0.893. The molecule has 2 saturated heterocycles. The summed E-state index contributed by atoms with van der Waals surface area (Å²) in [6.07, 6.45) is 6.73. The van der Waals surface area contributed by atoms with Crippen molar-refractivity contribution in [1.82, 2.24) is 14.7 Å². The molecule has 1 aromatic rings. The van der Waals surface area contributed by atoms with Gasteiger partial charge in [-0.05, 0) is 50.8 Å². The first-order valence-electron chi connectivity index (χ1n) is 8.29. The predicted molar refractivity (Wildman–Crippen MR) is 81.3 cm³/mol. The minimum atomic E-state index is 0.164. The molecule has 0 aliphatic carbocycles. The van der Waals surface area contributed by atoms with E-state index in [9.17, 15) is 0 Å². The fourth-order valence-corrected chi connectivity index (χ4v) is 3.68. The van der Waals surface area contributed by atoms with Gasteiger partial charge in [-0.15, -0.1) is 0 Å². The molecule has 0 bridgehead atoms. The van der Waals surface area contributed by atoms with Crippen molar-refractivity contribution in [2.75, 3.05) is 39.5 Å². The first-order valence-corrected chi connectivity index (χ1v) is 8.29. The Morgan fingerprint density at radius 1 is 1.19 bits per heavy atom. The predicted octanol–water partition coefficient (Wildman–Crippen LogP) is 1.48. The van der Waals surface area contributed by atoms with E-state index in [4.69, 9.17) is 9.84 Å². The fourth-order valence-electron chi connectivity index (χ4n) is 3.68. The molecule has 3 rings (SSSR count). The Morgan fingerprint density at radius 3 is 2.67 bits per heavy atom. The molecule has 3 heterocycles. The highest BCUT2D eigenvalue weighted by molar-refractivity contribution is 5.09. The Hall–Kier alpha value is -0.910. The number of piperidine rings is 1. The number of nitrogens with zero attached hydrogens (tertiary/aromatic N) is 3. The van der Waals surface area contributed by atoms with Crippen LogP contribution in [0, 0.1) is 5.92 Å². The van der Waals surface area contributed by atoms with Crippen LogP contribution in [-0.4, -0.2) is 59.2 Å². The van der Waals surface area contributed by atoms with E-state index in [1.165, 1.54) is 51.0 Å². The van der Waals surface area contributed by atoms with Crippen LogP contribution < -0.4 is 0 Å². The molecule has 1 aromatic heterocycles. The van der Waals surface area contributed by atoms with E-state index in [-0.39, 0.29) is 6.61 Å². The van der Waals surface area contributed by atoms with Crippen LogP contribution in [0.3, 0.4) is 0 Å². The van der Waals surface area contributed by atoms with E-state index in [1.54, 1.807) is 0 Å². The standard InChI is InChI=1S/C16H27N3O2/c20-10-9-19-16(1-6-17-19)15-2-7-18(8-3-15)13-14-4-11-21-12-5-14/h1,6,14-15,20H,2-5,7-13H2. The van der Waals surface area contributed by atoms with E-state index in [0.717, 1.165) is 19.1 Å². The van der Waals surface area contributed by atoms with Crippen LogP contribution in [0.25, 0.3) is 0 Å². The average molecular weight is 293 g/mol. The molecule has 0 amide bonds. The molecule has 2 aliphatic rings. The molecule has 21 heavy (non-hydrogen) atoms. The Balaban J connectivity index is 1.49. The molecule has 0 spiro atoms. The highest BCUT2D eigenvalue weighted by atomic mass is 16.5. The van der Waals surface area contributed by atoms with E-state index < -0.39 is 0 Å². The smallest absolute Gasteiger partial charge is 0.0644 e. The molecule has 5 nitrogen and oxygen atoms in total. The van der Waals surface area contributed by atoms with Gasteiger partial charge in [-0.25, -0.2) is 0 Å². The van der Waals surface area contributed by atoms with Gasteiger partial charge < -0.3 is 14.7 Å². The molecule has 2 fully saturated rings. The second-order valence-corrected chi connectivity index (χ2v) is 6.33. The monoisotopic (exact) mass is 293 g/mol. The first kappa shape index (κ1) is 15.0. The summed E-state index contributed by atoms with van der Waals surface area (Å²) < 4.78 is 7.41. The summed E-state index contributed by atoms with van der Waals surface area (Å²) >= 11 is 0. The van der Waals surface area contributed by atoms with Gasteiger partial charge in [0.15, 0.2) is 0 Å². The van der Waals surface area contributed by atoms with Gasteiger partial charge in [0.25, 0.3) is 0 Å². The third-order valence-electron chi connectivity index (χ3n) is 4.92. The number of aliphatic hydroxyl groups is 1. The summed E-state index contributed by atoms with van der Waals surface area (Å²) in [7, 11) is 0. The van der Waals surface area contributed by atoms with Crippen molar-refractivity contribution >= 4 is 0 Å². The topological polar surface area (TPSA) is 50.5 Å². The zero-order valence-corrected chi connectivity index (χ0v) is 12.8. The SMILES string of the molecule is OCCn1nccc1C1CCN(CC2CCOCC2)CC1. The molecule has 2 aliphatic heterocycles. The van der Waals surface area contributed by atoms with Crippen LogP contribution >= 0.6 is 0 Å². The molecule has 0 unspecified atom stereocenters. The van der Waals surface area contributed by atoms with E-state index >= 15 is 0 Å². The van der Waals surface area contributed by atoms with Crippen LogP contribution in [0.5, 0.6) is 0 Å². The summed E-state index contributed by atoms with van der Waals surface area (Å²) in [5.41, 5.74) is 1.30. The summed E-state index contributed by atoms with van der Waals surface area (Å²) in [6, 6.07) is 2.12. The van der Waals surface area contributed by atoms with Crippen LogP contribution in [-0.2, 0) is 11.3 Å². The summed E-state index contributed by atoms with van der Waals surface area (Å²) in [6.45, 7) is 6.29. The van der Waals surface area contributed by atoms with Crippen LogP contribution in [0.1, 0.15) is 37.3 Å². The normalized spacial score (nSPS) is 22.7. The lowest BCUT2D eigenvalue weighted by atomic mass is 9.92. The Morgan fingerprint density at radius 2 is 1.95 bits per heavy atom. The second kappa shape index (κ2) is 7.38. The van der Waals surface area contributed by atoms with Gasteiger partial charge in [0.05, 0.1) is 13.2 Å².